The van der Waals surface area contributed by atoms with Crippen molar-refractivity contribution in [1.29, 1.82) is 0 Å². The van der Waals surface area contributed by atoms with Crippen LogP contribution >= 0.6 is 0 Å². The molecule has 0 spiro atoms. The Kier molecular flexibility index (Phi) is 2.93. The maximum absolute atomic E-state index is 6.07. The molecule has 1 aliphatic carbocycles. The minimum Gasteiger partial charge on any atom is -0.326 e. The number of likely N-dealkylation sites (tertiary alicyclic amines) is 1. The first kappa shape index (κ1) is 11.2. The van der Waals surface area contributed by atoms with Crippen LogP contribution in [-0.2, 0) is 6.54 Å². The summed E-state index contributed by atoms with van der Waals surface area (Å²) in [7, 11) is 0. The van der Waals surface area contributed by atoms with Gasteiger partial charge in [-0.3, -0.25) is 4.90 Å². The maximum Gasteiger partial charge on any atom is 0.0237 e. The van der Waals surface area contributed by atoms with E-state index >= 15 is 0 Å². The quantitative estimate of drug-likeness (QED) is 0.864. The van der Waals surface area contributed by atoms with E-state index in [4.69, 9.17) is 5.73 Å². The van der Waals surface area contributed by atoms with Crippen LogP contribution in [0.25, 0.3) is 0 Å². The van der Waals surface area contributed by atoms with Gasteiger partial charge in [-0.25, -0.2) is 0 Å². The lowest BCUT2D eigenvalue weighted by Gasteiger charge is -2.23. The van der Waals surface area contributed by atoms with Gasteiger partial charge in [-0.1, -0.05) is 24.3 Å². The molecule has 1 saturated heterocycles. The van der Waals surface area contributed by atoms with Crippen molar-refractivity contribution in [3.8, 4) is 0 Å². The van der Waals surface area contributed by atoms with Gasteiger partial charge < -0.3 is 5.73 Å². The summed E-state index contributed by atoms with van der Waals surface area (Å²) >= 11 is 0. The molecular weight excluding hydrogens is 208 g/mol. The van der Waals surface area contributed by atoms with Crippen LogP contribution in [0.5, 0.6) is 0 Å². The zero-order valence-electron chi connectivity index (χ0n) is 10.6. The van der Waals surface area contributed by atoms with Gasteiger partial charge in [-0.2, -0.15) is 0 Å². The Morgan fingerprint density at radius 3 is 2.76 bits per heavy atom. The Hall–Kier alpha value is -0.860. The van der Waals surface area contributed by atoms with Gasteiger partial charge in [0.15, 0.2) is 0 Å². The van der Waals surface area contributed by atoms with Crippen LogP contribution in [0.4, 0.5) is 0 Å². The van der Waals surface area contributed by atoms with Gasteiger partial charge in [0.05, 0.1) is 0 Å². The van der Waals surface area contributed by atoms with Gasteiger partial charge in [0, 0.05) is 25.2 Å². The third-order valence-corrected chi connectivity index (χ3v) is 4.33. The zero-order valence-corrected chi connectivity index (χ0v) is 10.6. The summed E-state index contributed by atoms with van der Waals surface area (Å²) in [6.45, 7) is 4.47. The predicted octanol–water partition coefficient (Wildman–Crippen LogP) is 2.49. The van der Waals surface area contributed by atoms with Gasteiger partial charge in [-0.05, 0) is 43.2 Å². The molecule has 2 fully saturated rings. The molecule has 1 aromatic rings. The number of hydrogen-bond donors (Lipinski definition) is 1. The highest BCUT2D eigenvalue weighted by Crippen LogP contribution is 2.40. The summed E-state index contributed by atoms with van der Waals surface area (Å²) in [5, 5.41) is 0. The second-order valence-electron chi connectivity index (χ2n) is 5.68. The molecule has 3 rings (SSSR count). The molecule has 92 valence electrons. The Balaban J connectivity index is 1.70. The third kappa shape index (κ3) is 2.38. The van der Waals surface area contributed by atoms with Crippen LogP contribution in [0, 0.1) is 0 Å². The largest absolute Gasteiger partial charge is 0.326 e. The molecule has 0 aromatic heterocycles. The first-order valence-electron chi connectivity index (χ1n) is 6.82. The number of nitrogens with two attached hydrogens (primary N) is 1. The van der Waals surface area contributed by atoms with Crippen LogP contribution in [-0.4, -0.2) is 23.5 Å². The molecule has 2 aliphatic rings. The molecule has 1 heterocycles. The monoisotopic (exact) mass is 230 g/mol. The molecule has 2 heteroatoms. The second kappa shape index (κ2) is 4.43. The van der Waals surface area contributed by atoms with Gasteiger partial charge in [-0.15, -0.1) is 0 Å². The average molecular weight is 230 g/mol. The molecule has 0 radical (unpaired) electrons. The van der Waals surface area contributed by atoms with E-state index in [9.17, 15) is 0 Å². The Morgan fingerprint density at radius 2 is 2.12 bits per heavy atom. The highest BCUT2D eigenvalue weighted by molar-refractivity contribution is 5.29. The third-order valence-electron chi connectivity index (χ3n) is 4.33. The topological polar surface area (TPSA) is 29.3 Å². The van der Waals surface area contributed by atoms with E-state index in [1.54, 1.807) is 5.56 Å². The van der Waals surface area contributed by atoms with Crippen molar-refractivity contribution in [3.63, 3.8) is 0 Å². The van der Waals surface area contributed by atoms with Crippen molar-refractivity contribution in [3.05, 3.63) is 35.4 Å². The average Bonchev–Trinajstić information content (AvgIpc) is 3.13. The van der Waals surface area contributed by atoms with Crippen LogP contribution in [0.3, 0.4) is 0 Å². The number of hydrogen-bond acceptors (Lipinski definition) is 2. The highest BCUT2D eigenvalue weighted by atomic mass is 15.2. The maximum atomic E-state index is 6.07. The minimum atomic E-state index is 0.363. The van der Waals surface area contributed by atoms with Crippen molar-refractivity contribution in [2.24, 2.45) is 5.73 Å². The van der Waals surface area contributed by atoms with Crippen LogP contribution in [0.1, 0.15) is 43.2 Å². The lowest BCUT2D eigenvalue weighted by molar-refractivity contribution is 0.251. The van der Waals surface area contributed by atoms with E-state index in [2.05, 4.69) is 36.1 Å². The van der Waals surface area contributed by atoms with Gasteiger partial charge in [0.2, 0.25) is 0 Å². The molecule has 2 unspecified atom stereocenters. The summed E-state index contributed by atoms with van der Waals surface area (Å²) in [6.07, 6.45) is 3.91. The molecule has 1 aliphatic heterocycles. The van der Waals surface area contributed by atoms with Crippen LogP contribution < -0.4 is 5.73 Å². The molecule has 0 amide bonds. The summed E-state index contributed by atoms with van der Waals surface area (Å²) in [4.78, 5) is 2.51. The Morgan fingerprint density at radius 1 is 1.29 bits per heavy atom. The SMILES string of the molecule is CC1C(N)CCN1Cc1cccc(C2CC2)c1. The molecule has 1 saturated carbocycles. The summed E-state index contributed by atoms with van der Waals surface area (Å²) in [5.74, 6) is 0.855. The van der Waals surface area contributed by atoms with E-state index in [-0.39, 0.29) is 0 Å². The molecule has 1 aromatic carbocycles. The highest BCUT2D eigenvalue weighted by Gasteiger charge is 2.28. The lowest BCUT2D eigenvalue weighted by atomic mass is 10.1. The second-order valence-corrected chi connectivity index (χ2v) is 5.68. The molecule has 2 N–H and O–H groups in total. The smallest absolute Gasteiger partial charge is 0.0237 e. The van der Waals surface area contributed by atoms with E-state index < -0.39 is 0 Å². The first-order chi connectivity index (χ1) is 8.24. The van der Waals surface area contributed by atoms with Crippen molar-refractivity contribution < 1.29 is 0 Å². The van der Waals surface area contributed by atoms with Crippen molar-refractivity contribution in [2.45, 2.75) is 50.7 Å². The molecule has 2 nitrogen and oxygen atoms in total. The van der Waals surface area contributed by atoms with E-state index in [1.165, 1.54) is 18.4 Å². The minimum absolute atomic E-state index is 0.363. The molecule has 17 heavy (non-hydrogen) atoms. The standard InChI is InChI=1S/C15H22N2/c1-11-15(16)7-8-17(11)10-12-3-2-4-14(9-12)13-5-6-13/h2-4,9,11,13,15H,5-8,10,16H2,1H3. The van der Waals surface area contributed by atoms with E-state index in [0.29, 0.717) is 12.1 Å². The zero-order chi connectivity index (χ0) is 11.8. The van der Waals surface area contributed by atoms with Gasteiger partial charge in [0.25, 0.3) is 0 Å². The van der Waals surface area contributed by atoms with Gasteiger partial charge in [0.1, 0.15) is 0 Å². The number of nitrogens with zero attached hydrogens (tertiary/aromatic N) is 1. The Bertz CT molecular complexity index is 398. The molecule has 2 atom stereocenters. The fourth-order valence-corrected chi connectivity index (χ4v) is 2.85. The summed E-state index contributed by atoms with van der Waals surface area (Å²) in [5.41, 5.74) is 9.06. The van der Waals surface area contributed by atoms with Crippen LogP contribution in [0.15, 0.2) is 24.3 Å². The van der Waals surface area contributed by atoms with Gasteiger partial charge >= 0.3 is 0 Å². The van der Waals surface area contributed by atoms with Crippen molar-refractivity contribution >= 4 is 0 Å². The Labute approximate surface area is 104 Å². The van der Waals surface area contributed by atoms with Crippen molar-refractivity contribution in [2.75, 3.05) is 6.54 Å². The van der Waals surface area contributed by atoms with E-state index in [1.807, 2.05) is 0 Å². The fraction of sp³-hybridized carbons (Fsp3) is 0.600. The molecule has 0 bridgehead atoms. The normalized spacial score (nSPS) is 29.8. The summed E-state index contributed by atoms with van der Waals surface area (Å²) in [6, 6.07) is 10.0. The number of rotatable bonds is 3. The molecular formula is C15H22N2. The van der Waals surface area contributed by atoms with E-state index in [0.717, 1.165) is 25.4 Å². The van der Waals surface area contributed by atoms with Crippen molar-refractivity contribution in [1.82, 2.24) is 4.90 Å². The van der Waals surface area contributed by atoms with Crippen LogP contribution in [0.2, 0.25) is 0 Å². The predicted molar refractivity (Wildman–Crippen MR) is 70.9 cm³/mol. The summed E-state index contributed by atoms with van der Waals surface area (Å²) < 4.78 is 0. The number of benzene rings is 1. The lowest BCUT2D eigenvalue weighted by Crippen LogP contribution is -2.36. The fourth-order valence-electron chi connectivity index (χ4n) is 2.85. The first-order valence-corrected chi connectivity index (χ1v) is 6.82.